The number of aromatic nitrogens is 1. The molecule has 176 valence electrons. The molecule has 10 heteroatoms. The fourth-order valence-corrected chi connectivity index (χ4v) is 4.27. The first-order chi connectivity index (χ1) is 15.5. The molecule has 0 saturated carbocycles. The fraction of sp³-hybridized carbons (Fsp3) is 0.304. The second kappa shape index (κ2) is 9.63. The fourth-order valence-electron chi connectivity index (χ4n) is 3.19. The van der Waals surface area contributed by atoms with Crippen LogP contribution >= 0.6 is 0 Å². The minimum absolute atomic E-state index is 0.00499. The number of benzene rings is 2. The van der Waals surface area contributed by atoms with Gasteiger partial charge in [-0.25, -0.2) is 17.9 Å². The van der Waals surface area contributed by atoms with E-state index in [0.717, 1.165) is 10.9 Å². The third kappa shape index (κ3) is 6.33. The first-order valence-corrected chi connectivity index (χ1v) is 11.9. The molecule has 3 rings (SSSR count). The van der Waals surface area contributed by atoms with E-state index in [1.165, 1.54) is 12.1 Å². The lowest BCUT2D eigenvalue weighted by atomic mass is 10.2. The number of carbonyl (C=O) groups is 2. The molecule has 0 atom stereocenters. The van der Waals surface area contributed by atoms with E-state index < -0.39 is 21.7 Å². The number of aryl methyl sites for hydroxylation is 1. The van der Waals surface area contributed by atoms with Gasteiger partial charge in [-0.1, -0.05) is 24.3 Å². The lowest BCUT2D eigenvalue weighted by molar-refractivity contribution is 0.0528. The van der Waals surface area contributed by atoms with Gasteiger partial charge in [0.2, 0.25) is 10.0 Å². The minimum Gasteiger partial charge on any atom is -0.444 e. The Morgan fingerprint density at radius 2 is 1.73 bits per heavy atom. The van der Waals surface area contributed by atoms with Crippen LogP contribution in [0.2, 0.25) is 0 Å². The summed E-state index contributed by atoms with van der Waals surface area (Å²) in [7, 11) is -2.04. The Balaban J connectivity index is 1.62. The van der Waals surface area contributed by atoms with E-state index in [2.05, 4.69) is 15.4 Å². The van der Waals surface area contributed by atoms with Crippen LogP contribution in [-0.2, 0) is 21.8 Å². The number of hydrogen-bond acceptors (Lipinski definition) is 5. The average Bonchev–Trinajstić information content (AvgIpc) is 3.07. The van der Waals surface area contributed by atoms with Crippen LogP contribution in [0.4, 0.5) is 10.5 Å². The molecule has 0 bridgehead atoms. The summed E-state index contributed by atoms with van der Waals surface area (Å²) in [4.78, 5) is 24.4. The van der Waals surface area contributed by atoms with Gasteiger partial charge in [-0.15, -0.1) is 0 Å². The van der Waals surface area contributed by atoms with Crippen LogP contribution in [0.15, 0.2) is 59.5 Å². The van der Waals surface area contributed by atoms with Gasteiger partial charge in [0, 0.05) is 36.7 Å². The zero-order valence-electron chi connectivity index (χ0n) is 19.0. The summed E-state index contributed by atoms with van der Waals surface area (Å²) < 4.78 is 34.5. The molecule has 0 aliphatic heterocycles. The normalized spacial score (nSPS) is 11.9. The molecule has 2 amide bonds. The molecule has 2 aromatic carbocycles. The number of nitrogens with zero attached hydrogens (tertiary/aromatic N) is 1. The van der Waals surface area contributed by atoms with Crippen molar-refractivity contribution >= 4 is 38.6 Å². The number of anilines is 1. The van der Waals surface area contributed by atoms with Crippen molar-refractivity contribution in [2.75, 3.05) is 18.4 Å². The predicted octanol–water partition coefficient (Wildman–Crippen LogP) is 3.23. The van der Waals surface area contributed by atoms with Crippen molar-refractivity contribution in [3.8, 4) is 0 Å². The van der Waals surface area contributed by atoms with E-state index in [4.69, 9.17) is 4.74 Å². The van der Waals surface area contributed by atoms with Gasteiger partial charge in [0.1, 0.15) is 11.3 Å². The number of nitrogens with one attached hydrogen (secondary N) is 3. The number of rotatable bonds is 7. The van der Waals surface area contributed by atoms with E-state index in [-0.39, 0.29) is 23.9 Å². The Kier molecular flexibility index (Phi) is 7.09. The van der Waals surface area contributed by atoms with Gasteiger partial charge in [-0.05, 0) is 51.1 Å². The molecule has 3 N–H and O–H groups in total. The van der Waals surface area contributed by atoms with Gasteiger partial charge < -0.3 is 19.9 Å². The standard InChI is InChI=1S/C23H28N4O5S/c1-23(2,3)32-22(29)24-12-13-25-33(30,31)18-10-7-9-17(15-18)26-21(28)20-14-16-8-5-6-11-19(16)27(20)4/h5-11,14-15,25H,12-13H2,1-4H3,(H,24,29)(H,26,28). The number of fused-ring (bicyclic) bond motifs is 1. The molecule has 0 saturated heterocycles. The van der Waals surface area contributed by atoms with Crippen LogP contribution in [0.5, 0.6) is 0 Å². The molecular formula is C23H28N4O5S. The summed E-state index contributed by atoms with van der Waals surface area (Å²) in [5, 5.41) is 6.17. The number of hydrogen-bond donors (Lipinski definition) is 3. The zero-order valence-corrected chi connectivity index (χ0v) is 19.8. The highest BCUT2D eigenvalue weighted by Gasteiger charge is 2.18. The number of para-hydroxylation sites is 1. The highest BCUT2D eigenvalue weighted by molar-refractivity contribution is 7.89. The second-order valence-electron chi connectivity index (χ2n) is 8.46. The average molecular weight is 473 g/mol. The lowest BCUT2D eigenvalue weighted by Gasteiger charge is -2.19. The van der Waals surface area contributed by atoms with Crippen LogP contribution in [0, 0.1) is 0 Å². The highest BCUT2D eigenvalue weighted by Crippen LogP contribution is 2.21. The quantitative estimate of drug-likeness (QED) is 0.456. The Hall–Kier alpha value is -3.37. The summed E-state index contributed by atoms with van der Waals surface area (Å²) in [6.45, 7) is 5.25. The van der Waals surface area contributed by atoms with Crippen molar-refractivity contribution < 1.29 is 22.7 Å². The van der Waals surface area contributed by atoms with Crippen molar-refractivity contribution in [1.82, 2.24) is 14.6 Å². The number of sulfonamides is 1. The third-order valence-electron chi connectivity index (χ3n) is 4.67. The van der Waals surface area contributed by atoms with Crippen LogP contribution in [0.1, 0.15) is 31.3 Å². The van der Waals surface area contributed by atoms with Gasteiger partial charge in [-0.3, -0.25) is 4.79 Å². The Bertz CT molecular complexity index is 1280. The summed E-state index contributed by atoms with van der Waals surface area (Å²) in [5.41, 5.74) is 1.08. The largest absolute Gasteiger partial charge is 0.444 e. The first-order valence-electron chi connectivity index (χ1n) is 10.4. The number of ether oxygens (including phenoxy) is 1. The molecule has 3 aromatic rings. The molecule has 0 radical (unpaired) electrons. The van der Waals surface area contributed by atoms with Crippen molar-refractivity contribution in [1.29, 1.82) is 0 Å². The smallest absolute Gasteiger partial charge is 0.407 e. The molecule has 0 fully saturated rings. The molecule has 9 nitrogen and oxygen atoms in total. The maximum atomic E-state index is 12.8. The molecular weight excluding hydrogens is 444 g/mol. The first kappa shape index (κ1) is 24.3. The summed E-state index contributed by atoms with van der Waals surface area (Å²) >= 11 is 0. The lowest BCUT2D eigenvalue weighted by Crippen LogP contribution is -2.37. The molecule has 0 unspecified atom stereocenters. The van der Waals surface area contributed by atoms with Crippen LogP contribution in [-0.4, -0.2) is 43.7 Å². The van der Waals surface area contributed by atoms with Crippen LogP contribution in [0.25, 0.3) is 10.9 Å². The molecule has 0 spiro atoms. The van der Waals surface area contributed by atoms with E-state index in [0.29, 0.717) is 11.4 Å². The summed E-state index contributed by atoms with van der Waals surface area (Å²) in [6, 6.07) is 15.4. The molecule has 0 aliphatic rings. The van der Waals surface area contributed by atoms with Crippen molar-refractivity contribution in [3.63, 3.8) is 0 Å². The van der Waals surface area contributed by atoms with E-state index >= 15 is 0 Å². The SMILES string of the molecule is Cn1c(C(=O)Nc2cccc(S(=O)(=O)NCCNC(=O)OC(C)(C)C)c2)cc2ccccc21. The second-order valence-corrected chi connectivity index (χ2v) is 10.2. The number of carbonyl (C=O) groups excluding carboxylic acids is 2. The molecule has 1 heterocycles. The minimum atomic E-state index is -3.84. The molecule has 1 aromatic heterocycles. The Labute approximate surface area is 193 Å². The molecule has 33 heavy (non-hydrogen) atoms. The van der Waals surface area contributed by atoms with Gasteiger partial charge in [0.25, 0.3) is 5.91 Å². The van der Waals surface area contributed by atoms with Crippen molar-refractivity contribution in [2.24, 2.45) is 7.05 Å². The zero-order chi connectivity index (χ0) is 24.2. The van der Waals surface area contributed by atoms with Gasteiger partial charge >= 0.3 is 6.09 Å². The van der Waals surface area contributed by atoms with Gasteiger partial charge in [-0.2, -0.15) is 0 Å². The van der Waals surface area contributed by atoms with E-state index in [1.807, 2.05) is 24.3 Å². The van der Waals surface area contributed by atoms with Crippen molar-refractivity contribution in [3.05, 3.63) is 60.3 Å². The van der Waals surface area contributed by atoms with Crippen molar-refractivity contribution in [2.45, 2.75) is 31.3 Å². The topological polar surface area (TPSA) is 119 Å². The summed E-state index contributed by atoms with van der Waals surface area (Å²) in [5.74, 6) is -0.349. The van der Waals surface area contributed by atoms with Crippen LogP contribution in [0.3, 0.4) is 0 Å². The molecule has 0 aliphatic carbocycles. The number of amides is 2. The van der Waals surface area contributed by atoms with E-state index in [1.54, 1.807) is 50.6 Å². The monoisotopic (exact) mass is 472 g/mol. The number of alkyl carbamates (subject to hydrolysis) is 1. The van der Waals surface area contributed by atoms with Gasteiger partial charge in [0.15, 0.2) is 0 Å². The maximum Gasteiger partial charge on any atom is 0.407 e. The summed E-state index contributed by atoms with van der Waals surface area (Å²) in [6.07, 6.45) is -0.625. The Morgan fingerprint density at radius 1 is 1.00 bits per heavy atom. The van der Waals surface area contributed by atoms with E-state index in [9.17, 15) is 18.0 Å². The van der Waals surface area contributed by atoms with Crippen LogP contribution < -0.4 is 15.4 Å². The predicted molar refractivity (Wildman–Crippen MR) is 127 cm³/mol. The highest BCUT2D eigenvalue weighted by atomic mass is 32.2. The Morgan fingerprint density at radius 3 is 2.42 bits per heavy atom. The third-order valence-corrected chi connectivity index (χ3v) is 6.13. The maximum absolute atomic E-state index is 12.8. The van der Waals surface area contributed by atoms with Gasteiger partial charge in [0.05, 0.1) is 4.90 Å².